The Bertz CT molecular complexity index is 221. The zero-order chi connectivity index (χ0) is 12.0. The molecule has 0 aromatic rings. The first-order valence-corrected chi connectivity index (χ1v) is 6.17. The smallest absolute Gasteiger partial charge is 0.223 e. The summed E-state index contributed by atoms with van der Waals surface area (Å²) in [6.07, 6.45) is 3.82. The number of ether oxygens (including phenoxy) is 1. The van der Waals surface area contributed by atoms with Crippen molar-refractivity contribution in [3.63, 3.8) is 0 Å². The van der Waals surface area contributed by atoms with E-state index in [-0.39, 0.29) is 17.9 Å². The summed E-state index contributed by atoms with van der Waals surface area (Å²) in [6.45, 7) is 3.54. The van der Waals surface area contributed by atoms with Gasteiger partial charge in [-0.05, 0) is 31.6 Å². The molecule has 3 unspecified atom stereocenters. The van der Waals surface area contributed by atoms with Crippen LogP contribution in [-0.2, 0) is 9.53 Å². The highest BCUT2D eigenvalue weighted by Gasteiger charge is 2.30. The lowest BCUT2D eigenvalue weighted by Crippen LogP contribution is -2.41. The third-order valence-electron chi connectivity index (χ3n) is 3.40. The van der Waals surface area contributed by atoms with Gasteiger partial charge in [0.2, 0.25) is 5.91 Å². The maximum Gasteiger partial charge on any atom is 0.223 e. The summed E-state index contributed by atoms with van der Waals surface area (Å²) in [4.78, 5) is 11.9. The van der Waals surface area contributed by atoms with Gasteiger partial charge in [-0.3, -0.25) is 4.79 Å². The van der Waals surface area contributed by atoms with Crippen LogP contribution in [0, 0.1) is 11.8 Å². The number of nitrogens with one attached hydrogen (secondary N) is 1. The third kappa shape index (κ3) is 4.10. The molecule has 0 saturated heterocycles. The van der Waals surface area contributed by atoms with Gasteiger partial charge in [0.05, 0.1) is 0 Å². The van der Waals surface area contributed by atoms with Crippen molar-refractivity contribution in [1.82, 2.24) is 5.32 Å². The van der Waals surface area contributed by atoms with Gasteiger partial charge in [-0.1, -0.05) is 6.92 Å². The van der Waals surface area contributed by atoms with E-state index in [1.807, 2.05) is 0 Å². The maximum atomic E-state index is 11.9. The number of carbonyl (C=O) groups is 1. The SMILES string of the molecule is COCCCNC(=O)C1CC(N)CCC1C. The predicted molar refractivity (Wildman–Crippen MR) is 64.0 cm³/mol. The van der Waals surface area contributed by atoms with E-state index in [0.717, 1.165) is 25.7 Å². The first-order chi connectivity index (χ1) is 7.65. The highest BCUT2D eigenvalue weighted by Crippen LogP contribution is 2.28. The van der Waals surface area contributed by atoms with Gasteiger partial charge in [0.25, 0.3) is 0 Å². The molecule has 3 atom stereocenters. The molecule has 0 aromatic carbocycles. The average Bonchev–Trinajstić information content (AvgIpc) is 2.27. The van der Waals surface area contributed by atoms with Gasteiger partial charge in [0, 0.05) is 32.2 Å². The Morgan fingerprint density at radius 1 is 1.50 bits per heavy atom. The molecule has 1 aliphatic rings. The third-order valence-corrected chi connectivity index (χ3v) is 3.40. The quantitative estimate of drug-likeness (QED) is 0.687. The minimum Gasteiger partial charge on any atom is -0.385 e. The molecule has 16 heavy (non-hydrogen) atoms. The minimum absolute atomic E-state index is 0.103. The number of hydrogen-bond donors (Lipinski definition) is 2. The van der Waals surface area contributed by atoms with Crippen LogP contribution in [0.3, 0.4) is 0 Å². The predicted octanol–water partition coefficient (Wildman–Crippen LogP) is 0.903. The van der Waals surface area contributed by atoms with Crippen LogP contribution in [0.25, 0.3) is 0 Å². The number of amides is 1. The van der Waals surface area contributed by atoms with Crippen LogP contribution < -0.4 is 11.1 Å². The lowest BCUT2D eigenvalue weighted by atomic mass is 9.78. The number of nitrogens with two attached hydrogens (primary N) is 1. The molecule has 4 heteroatoms. The summed E-state index contributed by atoms with van der Waals surface area (Å²) in [5.74, 6) is 0.729. The molecular formula is C12H24N2O2. The molecule has 0 spiro atoms. The van der Waals surface area contributed by atoms with Crippen molar-refractivity contribution in [3.05, 3.63) is 0 Å². The van der Waals surface area contributed by atoms with Crippen LogP contribution in [0.2, 0.25) is 0 Å². The molecule has 4 nitrogen and oxygen atoms in total. The molecular weight excluding hydrogens is 204 g/mol. The summed E-state index contributed by atoms with van der Waals surface area (Å²) in [5.41, 5.74) is 5.90. The molecule has 3 N–H and O–H groups in total. The maximum absolute atomic E-state index is 11.9. The summed E-state index contributed by atoms with van der Waals surface area (Å²) in [7, 11) is 1.67. The molecule has 0 heterocycles. The fourth-order valence-corrected chi connectivity index (χ4v) is 2.28. The van der Waals surface area contributed by atoms with Gasteiger partial charge in [0.15, 0.2) is 0 Å². The van der Waals surface area contributed by atoms with Crippen LogP contribution >= 0.6 is 0 Å². The van der Waals surface area contributed by atoms with Gasteiger partial charge in [-0.15, -0.1) is 0 Å². The van der Waals surface area contributed by atoms with E-state index in [4.69, 9.17) is 10.5 Å². The Labute approximate surface area is 97.9 Å². The van der Waals surface area contributed by atoms with Crippen molar-refractivity contribution in [3.8, 4) is 0 Å². The molecule has 0 aromatic heterocycles. The van der Waals surface area contributed by atoms with E-state index in [9.17, 15) is 4.79 Å². The highest BCUT2D eigenvalue weighted by molar-refractivity contribution is 5.79. The first kappa shape index (κ1) is 13.5. The summed E-state index contributed by atoms with van der Waals surface area (Å²) in [5, 5.41) is 2.96. The molecule has 1 saturated carbocycles. The zero-order valence-electron chi connectivity index (χ0n) is 10.4. The monoisotopic (exact) mass is 228 g/mol. The highest BCUT2D eigenvalue weighted by atomic mass is 16.5. The summed E-state index contributed by atoms with van der Waals surface area (Å²) < 4.78 is 4.94. The zero-order valence-corrected chi connectivity index (χ0v) is 10.4. The Kier molecular flexibility index (Phi) is 5.77. The van der Waals surface area contributed by atoms with E-state index in [0.29, 0.717) is 19.1 Å². The fraction of sp³-hybridized carbons (Fsp3) is 0.917. The van der Waals surface area contributed by atoms with E-state index >= 15 is 0 Å². The average molecular weight is 228 g/mol. The molecule has 1 rings (SSSR count). The second kappa shape index (κ2) is 6.86. The first-order valence-electron chi connectivity index (χ1n) is 6.17. The van der Waals surface area contributed by atoms with E-state index < -0.39 is 0 Å². The lowest BCUT2D eigenvalue weighted by Gasteiger charge is -2.31. The Hall–Kier alpha value is -0.610. The molecule has 0 aliphatic heterocycles. The number of hydrogen-bond acceptors (Lipinski definition) is 3. The van der Waals surface area contributed by atoms with Crippen molar-refractivity contribution in [1.29, 1.82) is 0 Å². The van der Waals surface area contributed by atoms with E-state index in [2.05, 4.69) is 12.2 Å². The molecule has 0 radical (unpaired) electrons. The van der Waals surface area contributed by atoms with Crippen molar-refractivity contribution in [2.75, 3.05) is 20.3 Å². The summed E-state index contributed by atoms with van der Waals surface area (Å²) >= 11 is 0. The lowest BCUT2D eigenvalue weighted by molar-refractivity contribution is -0.127. The summed E-state index contributed by atoms with van der Waals surface area (Å²) in [6, 6.07) is 0.200. The van der Waals surface area contributed by atoms with E-state index in [1.54, 1.807) is 7.11 Å². The Morgan fingerprint density at radius 2 is 2.25 bits per heavy atom. The van der Waals surface area contributed by atoms with Crippen LogP contribution in [0.15, 0.2) is 0 Å². The van der Waals surface area contributed by atoms with Gasteiger partial charge in [-0.2, -0.15) is 0 Å². The molecule has 1 aliphatic carbocycles. The number of rotatable bonds is 5. The molecule has 1 fully saturated rings. The largest absolute Gasteiger partial charge is 0.385 e. The molecule has 1 amide bonds. The van der Waals surface area contributed by atoms with Crippen LogP contribution in [0.5, 0.6) is 0 Å². The van der Waals surface area contributed by atoms with Crippen LogP contribution in [0.4, 0.5) is 0 Å². The van der Waals surface area contributed by atoms with Gasteiger partial charge in [0.1, 0.15) is 0 Å². The Morgan fingerprint density at radius 3 is 2.94 bits per heavy atom. The van der Waals surface area contributed by atoms with Crippen molar-refractivity contribution < 1.29 is 9.53 Å². The van der Waals surface area contributed by atoms with Crippen molar-refractivity contribution >= 4 is 5.91 Å². The Balaban J connectivity index is 2.28. The molecule has 0 bridgehead atoms. The van der Waals surface area contributed by atoms with Crippen molar-refractivity contribution in [2.45, 2.75) is 38.6 Å². The topological polar surface area (TPSA) is 64.3 Å². The standard InChI is InChI=1S/C12H24N2O2/c1-9-4-5-10(13)8-11(9)12(15)14-6-3-7-16-2/h9-11H,3-8,13H2,1-2H3,(H,14,15). The second-order valence-electron chi connectivity index (χ2n) is 4.79. The van der Waals surface area contributed by atoms with Crippen LogP contribution in [-0.4, -0.2) is 32.2 Å². The van der Waals surface area contributed by atoms with Gasteiger partial charge < -0.3 is 15.8 Å². The van der Waals surface area contributed by atoms with Gasteiger partial charge >= 0.3 is 0 Å². The molecule has 94 valence electrons. The second-order valence-corrected chi connectivity index (χ2v) is 4.79. The number of carbonyl (C=O) groups excluding carboxylic acids is 1. The minimum atomic E-state index is 0.103. The van der Waals surface area contributed by atoms with Crippen molar-refractivity contribution in [2.24, 2.45) is 17.6 Å². The fourth-order valence-electron chi connectivity index (χ4n) is 2.28. The van der Waals surface area contributed by atoms with Gasteiger partial charge in [-0.25, -0.2) is 0 Å². The van der Waals surface area contributed by atoms with Crippen LogP contribution in [0.1, 0.15) is 32.6 Å². The number of methoxy groups -OCH3 is 1. The van der Waals surface area contributed by atoms with E-state index in [1.165, 1.54) is 0 Å². The normalized spacial score (nSPS) is 30.1.